The Labute approximate surface area is 195 Å². The topological polar surface area (TPSA) is 102 Å². The highest BCUT2D eigenvalue weighted by Crippen LogP contribution is 2.31. The highest BCUT2D eigenvalue weighted by molar-refractivity contribution is 7.89. The number of rotatable bonds is 13. The second-order valence-electron chi connectivity index (χ2n) is 8.87. The van der Waals surface area contributed by atoms with Gasteiger partial charge in [-0.3, -0.25) is 14.9 Å². The van der Waals surface area contributed by atoms with Gasteiger partial charge in [-0.05, 0) is 62.1 Å². The number of ether oxygens (including phenoxy) is 1. The van der Waals surface area contributed by atoms with Crippen LogP contribution in [0.1, 0.15) is 69.9 Å². The molecular formula is C24H33FN2O5S. The smallest absolute Gasteiger partial charge is 0.229 e. The summed E-state index contributed by atoms with van der Waals surface area (Å²) >= 11 is 0. The number of carbonyl (C=O) groups excluding carboxylic acids is 2. The first kappa shape index (κ1) is 25.4. The Morgan fingerprint density at radius 2 is 2.03 bits per heavy atom. The van der Waals surface area contributed by atoms with Crippen LogP contribution in [0.4, 0.5) is 4.39 Å². The van der Waals surface area contributed by atoms with Gasteiger partial charge in [0, 0.05) is 18.4 Å². The van der Waals surface area contributed by atoms with Gasteiger partial charge in [0.05, 0.1) is 12.4 Å². The minimum Gasteiger partial charge on any atom is -0.490 e. The van der Waals surface area contributed by atoms with Gasteiger partial charge >= 0.3 is 0 Å². The van der Waals surface area contributed by atoms with Crippen LogP contribution in [0.15, 0.2) is 30.4 Å². The Kier molecular flexibility index (Phi) is 9.02. The maximum absolute atomic E-state index is 14.1. The van der Waals surface area contributed by atoms with Crippen LogP contribution in [-0.2, 0) is 19.6 Å². The van der Waals surface area contributed by atoms with Crippen molar-refractivity contribution in [1.29, 1.82) is 0 Å². The lowest BCUT2D eigenvalue weighted by atomic mass is 9.95. The van der Waals surface area contributed by atoms with Crippen molar-refractivity contribution < 1.29 is 27.1 Å². The largest absolute Gasteiger partial charge is 0.490 e. The summed E-state index contributed by atoms with van der Waals surface area (Å²) in [5.41, 5.74) is 0.682. The Morgan fingerprint density at radius 3 is 2.73 bits per heavy atom. The molecule has 9 heteroatoms. The average Bonchev–Trinajstić information content (AvgIpc) is 3.58. The van der Waals surface area contributed by atoms with Gasteiger partial charge in [-0.25, -0.2) is 17.5 Å². The number of carbonyl (C=O) groups is 2. The lowest BCUT2D eigenvalue weighted by Gasteiger charge is -2.20. The van der Waals surface area contributed by atoms with Gasteiger partial charge in [-0.15, -0.1) is 0 Å². The van der Waals surface area contributed by atoms with Crippen molar-refractivity contribution in [1.82, 2.24) is 10.0 Å². The third-order valence-electron chi connectivity index (χ3n) is 5.92. The first-order chi connectivity index (χ1) is 15.8. The lowest BCUT2D eigenvalue weighted by Crippen LogP contribution is -2.40. The van der Waals surface area contributed by atoms with Crippen molar-refractivity contribution in [2.75, 3.05) is 12.4 Å². The fourth-order valence-electron chi connectivity index (χ4n) is 3.76. The molecule has 1 saturated carbocycles. The molecule has 2 amide bonds. The molecule has 33 heavy (non-hydrogen) atoms. The van der Waals surface area contributed by atoms with E-state index >= 15 is 0 Å². The number of hydrogen-bond acceptors (Lipinski definition) is 5. The Morgan fingerprint density at radius 1 is 1.24 bits per heavy atom. The van der Waals surface area contributed by atoms with E-state index in [0.717, 1.165) is 19.3 Å². The number of sulfonamides is 1. The molecular weight excluding hydrogens is 447 g/mol. The summed E-state index contributed by atoms with van der Waals surface area (Å²) in [6.07, 6.45) is 8.71. The van der Waals surface area contributed by atoms with Gasteiger partial charge in [0.15, 0.2) is 11.6 Å². The second-order valence-corrected chi connectivity index (χ2v) is 10.7. The number of nitrogens with one attached hydrogen (secondary N) is 2. The zero-order valence-electron chi connectivity index (χ0n) is 19.0. The van der Waals surface area contributed by atoms with Crippen molar-refractivity contribution in [2.24, 2.45) is 11.8 Å². The van der Waals surface area contributed by atoms with Crippen LogP contribution in [0.3, 0.4) is 0 Å². The van der Waals surface area contributed by atoms with Gasteiger partial charge in [-0.1, -0.05) is 31.6 Å². The van der Waals surface area contributed by atoms with Crippen molar-refractivity contribution in [3.8, 4) is 5.75 Å². The predicted octanol–water partition coefficient (Wildman–Crippen LogP) is 3.76. The number of piperidine rings is 1. The van der Waals surface area contributed by atoms with Crippen molar-refractivity contribution in [3.05, 3.63) is 41.7 Å². The molecule has 1 unspecified atom stereocenters. The highest BCUT2D eigenvalue weighted by Gasteiger charge is 2.26. The standard InChI is InChI=1S/C24H33FN2O5S/c1-2-6-21(19-10-12-20(25)22(15-19)32-16-17-8-9-17)27-33(30,31)14-5-3-4-7-18-11-13-23(28)26-24(18)29/h3-4,10,12,15,17-18,21,27H,2,5-9,11,13-14,16H2,1H3,(H,26,28,29)/b4-3+/t18?,21-/m1/s1. The molecule has 2 fully saturated rings. The molecule has 1 aromatic rings. The van der Waals surface area contributed by atoms with Crippen LogP contribution in [0.5, 0.6) is 5.75 Å². The van der Waals surface area contributed by atoms with Gasteiger partial charge in [0.25, 0.3) is 0 Å². The zero-order valence-corrected chi connectivity index (χ0v) is 19.8. The Bertz CT molecular complexity index is 975. The van der Waals surface area contributed by atoms with Crippen LogP contribution >= 0.6 is 0 Å². The summed E-state index contributed by atoms with van der Waals surface area (Å²) in [6.45, 7) is 2.45. The molecule has 2 atom stereocenters. The van der Waals surface area contributed by atoms with Crippen molar-refractivity contribution >= 4 is 21.8 Å². The molecule has 1 heterocycles. The molecule has 1 aliphatic heterocycles. The van der Waals surface area contributed by atoms with E-state index in [-0.39, 0.29) is 29.2 Å². The van der Waals surface area contributed by atoms with Gasteiger partial charge < -0.3 is 4.74 Å². The van der Waals surface area contributed by atoms with E-state index in [0.29, 0.717) is 50.2 Å². The molecule has 2 N–H and O–H groups in total. The van der Waals surface area contributed by atoms with E-state index in [2.05, 4.69) is 10.0 Å². The summed E-state index contributed by atoms with van der Waals surface area (Å²) < 4.78 is 47.8. The van der Waals surface area contributed by atoms with E-state index < -0.39 is 21.9 Å². The lowest BCUT2D eigenvalue weighted by molar-refractivity contribution is -0.136. The third kappa shape index (κ3) is 8.23. The molecule has 0 radical (unpaired) electrons. The molecule has 0 aromatic heterocycles. The molecule has 1 aliphatic carbocycles. The summed E-state index contributed by atoms with van der Waals surface area (Å²) in [5, 5.41) is 2.32. The monoisotopic (exact) mass is 480 g/mol. The van der Waals surface area contributed by atoms with Crippen LogP contribution in [0.25, 0.3) is 0 Å². The van der Waals surface area contributed by atoms with Gasteiger partial charge in [-0.2, -0.15) is 0 Å². The third-order valence-corrected chi connectivity index (χ3v) is 7.34. The molecule has 3 rings (SSSR count). The molecule has 1 aromatic carbocycles. The fourth-order valence-corrected chi connectivity index (χ4v) is 5.01. The normalized spacial score (nSPS) is 20.1. The van der Waals surface area contributed by atoms with E-state index in [1.165, 1.54) is 6.07 Å². The summed E-state index contributed by atoms with van der Waals surface area (Å²) in [7, 11) is -3.57. The van der Waals surface area contributed by atoms with Crippen LogP contribution < -0.4 is 14.8 Å². The minimum atomic E-state index is -3.57. The van der Waals surface area contributed by atoms with Crippen LogP contribution in [0.2, 0.25) is 0 Å². The number of hydrogen-bond donors (Lipinski definition) is 2. The minimum absolute atomic E-state index is 0.0920. The molecule has 2 aliphatic rings. The molecule has 7 nitrogen and oxygen atoms in total. The maximum Gasteiger partial charge on any atom is 0.229 e. The quantitative estimate of drug-likeness (QED) is 0.331. The molecule has 0 bridgehead atoms. The van der Waals surface area contributed by atoms with E-state index in [9.17, 15) is 22.4 Å². The first-order valence-electron chi connectivity index (χ1n) is 11.7. The average molecular weight is 481 g/mol. The van der Waals surface area contributed by atoms with Gasteiger partial charge in [0.1, 0.15) is 0 Å². The SMILES string of the molecule is CCC[C@@H](NS(=O)(=O)CC/C=C/CC1CCC(=O)NC1=O)c1ccc(F)c(OCC2CC2)c1. The number of benzene rings is 1. The second kappa shape index (κ2) is 11.7. The maximum atomic E-state index is 14.1. The number of halogens is 1. The van der Waals surface area contributed by atoms with E-state index in [1.54, 1.807) is 24.3 Å². The van der Waals surface area contributed by atoms with Gasteiger partial charge in [0.2, 0.25) is 21.8 Å². The van der Waals surface area contributed by atoms with E-state index in [4.69, 9.17) is 4.74 Å². The van der Waals surface area contributed by atoms with E-state index in [1.807, 2.05) is 6.92 Å². The molecule has 1 saturated heterocycles. The number of allylic oxidation sites excluding steroid dienone is 2. The molecule has 182 valence electrons. The zero-order chi connectivity index (χ0) is 23.8. The Balaban J connectivity index is 1.53. The predicted molar refractivity (Wildman–Crippen MR) is 123 cm³/mol. The number of imide groups is 1. The van der Waals surface area contributed by atoms with Crippen LogP contribution in [0, 0.1) is 17.7 Å². The first-order valence-corrected chi connectivity index (χ1v) is 13.3. The fraction of sp³-hybridized carbons (Fsp3) is 0.583. The summed E-state index contributed by atoms with van der Waals surface area (Å²) in [4.78, 5) is 23.0. The summed E-state index contributed by atoms with van der Waals surface area (Å²) in [5.74, 6) is -0.659. The van der Waals surface area contributed by atoms with Crippen LogP contribution in [-0.4, -0.2) is 32.6 Å². The summed E-state index contributed by atoms with van der Waals surface area (Å²) in [6, 6.07) is 4.06. The van der Waals surface area contributed by atoms with Crippen molar-refractivity contribution in [2.45, 2.75) is 64.3 Å². The Hall–Kier alpha value is -2.26. The van der Waals surface area contributed by atoms with Crippen molar-refractivity contribution in [3.63, 3.8) is 0 Å². The number of amides is 2. The highest BCUT2D eigenvalue weighted by atomic mass is 32.2. The molecule has 0 spiro atoms.